The van der Waals surface area contributed by atoms with E-state index in [-0.39, 0.29) is 29.4 Å². The molecule has 0 aliphatic carbocycles. The molecule has 0 spiro atoms. The van der Waals surface area contributed by atoms with Gasteiger partial charge in [0.2, 0.25) is 0 Å². The molecule has 0 bridgehead atoms. The van der Waals surface area contributed by atoms with E-state index in [2.05, 4.69) is 7.05 Å². The minimum atomic E-state index is 0. The molecular weight excluding hydrogens is 189 g/mol. The zero-order chi connectivity index (χ0) is 4.41. The SMILES string of the molecule is C[NH+]1CCCC1.[Br-].[Cl-]. The van der Waals surface area contributed by atoms with Gasteiger partial charge >= 0.3 is 0 Å². The summed E-state index contributed by atoms with van der Waals surface area (Å²) in [5, 5.41) is 0. The summed E-state index contributed by atoms with van der Waals surface area (Å²) in [4.78, 5) is 1.70. The first kappa shape index (κ1) is 11.5. The summed E-state index contributed by atoms with van der Waals surface area (Å²) in [6.07, 6.45) is 2.90. The van der Waals surface area contributed by atoms with Crippen LogP contribution in [0.1, 0.15) is 12.8 Å². The number of likely N-dealkylation sites (tertiary alicyclic amines) is 1. The van der Waals surface area contributed by atoms with Crippen LogP contribution in [0.15, 0.2) is 0 Å². The molecule has 1 saturated heterocycles. The van der Waals surface area contributed by atoms with Crippen molar-refractivity contribution in [1.82, 2.24) is 0 Å². The molecule has 1 N–H and O–H groups in total. The van der Waals surface area contributed by atoms with E-state index < -0.39 is 0 Å². The van der Waals surface area contributed by atoms with Gasteiger partial charge in [0.05, 0.1) is 20.1 Å². The minimum Gasteiger partial charge on any atom is -1.00 e. The molecule has 1 aliphatic rings. The fourth-order valence-corrected chi connectivity index (χ4v) is 0.979. The molecule has 1 heterocycles. The van der Waals surface area contributed by atoms with Crippen molar-refractivity contribution in [1.29, 1.82) is 0 Å². The Morgan fingerprint density at radius 3 is 1.62 bits per heavy atom. The van der Waals surface area contributed by atoms with Crippen LogP contribution in [0.3, 0.4) is 0 Å². The minimum absolute atomic E-state index is 0. The highest BCUT2D eigenvalue weighted by molar-refractivity contribution is 4.40. The molecule has 8 heavy (non-hydrogen) atoms. The van der Waals surface area contributed by atoms with Gasteiger partial charge in [-0.1, -0.05) is 0 Å². The molecule has 0 atom stereocenters. The summed E-state index contributed by atoms with van der Waals surface area (Å²) in [6, 6.07) is 0. The summed E-state index contributed by atoms with van der Waals surface area (Å²) < 4.78 is 0. The third-order valence-corrected chi connectivity index (χ3v) is 1.46. The van der Waals surface area contributed by atoms with Crippen molar-refractivity contribution in [2.24, 2.45) is 0 Å². The molecule has 52 valence electrons. The van der Waals surface area contributed by atoms with Gasteiger partial charge in [0.25, 0.3) is 0 Å². The number of halogens is 2. The summed E-state index contributed by atoms with van der Waals surface area (Å²) >= 11 is 0. The van der Waals surface area contributed by atoms with Crippen LogP contribution in [-0.4, -0.2) is 20.1 Å². The largest absolute Gasteiger partial charge is 1.00 e. The number of nitrogens with one attached hydrogen (secondary N) is 1. The van der Waals surface area contributed by atoms with Crippen LogP contribution in [0.5, 0.6) is 0 Å². The van der Waals surface area contributed by atoms with E-state index in [1.807, 2.05) is 0 Å². The van der Waals surface area contributed by atoms with Gasteiger partial charge in [-0.2, -0.15) is 0 Å². The predicted molar refractivity (Wildman–Crippen MR) is 25.9 cm³/mol. The molecule has 3 heteroatoms. The highest BCUT2D eigenvalue weighted by Gasteiger charge is 2.07. The summed E-state index contributed by atoms with van der Waals surface area (Å²) in [7, 11) is 2.26. The first-order valence-electron chi connectivity index (χ1n) is 2.71. The summed E-state index contributed by atoms with van der Waals surface area (Å²) in [5.41, 5.74) is 0. The maximum atomic E-state index is 2.26. The molecule has 0 unspecified atom stereocenters. The molecule has 1 fully saturated rings. The van der Waals surface area contributed by atoms with Crippen LogP contribution in [-0.2, 0) is 0 Å². The third-order valence-electron chi connectivity index (χ3n) is 1.46. The molecule has 0 amide bonds. The monoisotopic (exact) mass is 200 g/mol. The quantitative estimate of drug-likeness (QED) is 0.398. The highest BCUT2D eigenvalue weighted by atomic mass is 79.9. The van der Waals surface area contributed by atoms with Crippen LogP contribution >= 0.6 is 0 Å². The standard InChI is InChI=1S/C5H11N.BrH.ClH/c1-6-4-2-3-5-6;;/h2-5H2,1H3;2*1H/p-1. The topological polar surface area (TPSA) is 4.44 Å². The van der Waals surface area contributed by atoms with E-state index in [4.69, 9.17) is 0 Å². The zero-order valence-electron chi connectivity index (χ0n) is 5.08. The molecular formula is C5H12BrClN-. The van der Waals surface area contributed by atoms with Gasteiger partial charge in [-0.15, -0.1) is 0 Å². The van der Waals surface area contributed by atoms with Crippen LogP contribution in [0.25, 0.3) is 0 Å². The van der Waals surface area contributed by atoms with Crippen molar-refractivity contribution in [2.45, 2.75) is 12.8 Å². The van der Waals surface area contributed by atoms with E-state index in [0.29, 0.717) is 0 Å². The second kappa shape index (κ2) is 5.86. The fourth-order valence-electron chi connectivity index (χ4n) is 0.979. The molecule has 0 aromatic rings. The Hall–Kier alpha value is 0.730. The van der Waals surface area contributed by atoms with Crippen LogP contribution in [0.4, 0.5) is 0 Å². The van der Waals surface area contributed by atoms with Crippen LogP contribution in [0.2, 0.25) is 0 Å². The average molecular weight is 202 g/mol. The Morgan fingerprint density at radius 1 is 1.12 bits per heavy atom. The van der Waals surface area contributed by atoms with Crippen LogP contribution in [0, 0.1) is 0 Å². The molecule has 0 aromatic heterocycles. The Balaban J connectivity index is 0. The lowest BCUT2D eigenvalue weighted by Crippen LogP contribution is -3.06. The maximum absolute atomic E-state index is 2.26. The van der Waals surface area contributed by atoms with Crippen LogP contribution < -0.4 is 34.3 Å². The van der Waals surface area contributed by atoms with Crippen molar-refractivity contribution in [3.8, 4) is 0 Å². The number of quaternary nitrogens is 1. The number of hydrogen-bond donors (Lipinski definition) is 1. The van der Waals surface area contributed by atoms with Gasteiger partial charge in [-0.05, 0) is 0 Å². The third kappa shape index (κ3) is 3.70. The highest BCUT2D eigenvalue weighted by Crippen LogP contribution is 1.84. The van der Waals surface area contributed by atoms with Gasteiger partial charge in [0.15, 0.2) is 0 Å². The van der Waals surface area contributed by atoms with Gasteiger partial charge in [-0.25, -0.2) is 0 Å². The van der Waals surface area contributed by atoms with E-state index >= 15 is 0 Å². The first-order valence-corrected chi connectivity index (χ1v) is 2.71. The summed E-state index contributed by atoms with van der Waals surface area (Å²) in [6.45, 7) is 2.81. The molecule has 1 rings (SSSR count). The lowest BCUT2D eigenvalue weighted by molar-refractivity contribution is -0.866. The molecule has 1 nitrogen and oxygen atoms in total. The normalized spacial score (nSPS) is 19.1. The first-order chi connectivity index (χ1) is 2.89. The predicted octanol–water partition coefficient (Wildman–Crippen LogP) is -6.70. The van der Waals surface area contributed by atoms with Crippen molar-refractivity contribution in [2.75, 3.05) is 20.1 Å². The van der Waals surface area contributed by atoms with E-state index in [9.17, 15) is 0 Å². The zero-order valence-corrected chi connectivity index (χ0v) is 7.43. The Bertz CT molecular complexity index is 45.7. The van der Waals surface area contributed by atoms with E-state index in [1.54, 1.807) is 4.90 Å². The van der Waals surface area contributed by atoms with Gasteiger partial charge in [-0.3, -0.25) is 0 Å². The molecule has 0 radical (unpaired) electrons. The summed E-state index contributed by atoms with van der Waals surface area (Å²) in [5.74, 6) is 0. The fraction of sp³-hybridized carbons (Fsp3) is 1.00. The number of hydrogen-bond acceptors (Lipinski definition) is 0. The molecule has 1 aliphatic heterocycles. The van der Waals surface area contributed by atoms with Gasteiger partial charge in [0.1, 0.15) is 0 Å². The lowest BCUT2D eigenvalue weighted by atomic mass is 10.4. The Morgan fingerprint density at radius 2 is 1.50 bits per heavy atom. The van der Waals surface area contributed by atoms with Crippen molar-refractivity contribution in [3.05, 3.63) is 0 Å². The Labute approximate surface area is 67.6 Å². The van der Waals surface area contributed by atoms with E-state index in [1.165, 1.54) is 25.9 Å². The lowest BCUT2D eigenvalue weighted by Gasteiger charge is -1.98. The van der Waals surface area contributed by atoms with Crippen molar-refractivity contribution >= 4 is 0 Å². The Kier molecular flexibility index (Phi) is 8.44. The van der Waals surface area contributed by atoms with E-state index in [0.717, 1.165) is 0 Å². The smallest absolute Gasteiger partial charge is 0.0771 e. The molecule has 0 saturated carbocycles. The van der Waals surface area contributed by atoms with Gasteiger partial charge in [0, 0.05) is 12.8 Å². The average Bonchev–Trinajstić information content (AvgIpc) is 1.86. The molecule has 0 aromatic carbocycles. The second-order valence-electron chi connectivity index (χ2n) is 2.16. The van der Waals surface area contributed by atoms with Crippen molar-refractivity contribution in [3.63, 3.8) is 0 Å². The van der Waals surface area contributed by atoms with Crippen molar-refractivity contribution < 1.29 is 34.3 Å². The maximum Gasteiger partial charge on any atom is 0.0771 e. The second-order valence-corrected chi connectivity index (χ2v) is 2.16. The van der Waals surface area contributed by atoms with Gasteiger partial charge < -0.3 is 34.3 Å². The number of rotatable bonds is 0.